The van der Waals surface area contributed by atoms with E-state index >= 15 is 0 Å². The quantitative estimate of drug-likeness (QED) is 0.438. The number of nitrogens with zero attached hydrogens (tertiary/aromatic N) is 2. The van der Waals surface area contributed by atoms with Crippen molar-refractivity contribution in [2.75, 3.05) is 0 Å². The predicted molar refractivity (Wildman–Crippen MR) is 103 cm³/mol. The topological polar surface area (TPSA) is 82.0 Å². The Morgan fingerprint density at radius 1 is 0.923 bits per heavy atom. The number of aromatic amines is 1. The molecule has 0 amide bonds. The van der Waals surface area contributed by atoms with Gasteiger partial charge in [-0.2, -0.15) is 4.98 Å². The Bertz CT molecular complexity index is 1120. The Labute approximate surface area is 154 Å². The summed E-state index contributed by atoms with van der Waals surface area (Å²) in [7, 11) is 0. The van der Waals surface area contributed by atoms with Gasteiger partial charge in [0.25, 0.3) is 6.01 Å². The first-order valence-electron chi connectivity index (χ1n) is 7.85. The molecular weight excluding hydrogens is 350 g/mol. The first-order chi connectivity index (χ1) is 12.5. The second kappa shape index (κ2) is 6.20. The normalized spacial score (nSPS) is 11.0. The lowest BCUT2D eigenvalue weighted by molar-refractivity contribution is 0.438. The second-order valence-corrected chi connectivity index (χ2v) is 6.26. The van der Waals surface area contributed by atoms with Crippen LogP contribution in [-0.2, 0) is 0 Å². The summed E-state index contributed by atoms with van der Waals surface area (Å²) in [6.07, 6.45) is 0. The molecule has 6 heteroatoms. The van der Waals surface area contributed by atoms with Gasteiger partial charge in [-0.25, -0.2) is 4.98 Å². The minimum atomic E-state index is -0.190. The second-order valence-electron chi connectivity index (χ2n) is 5.85. The summed E-state index contributed by atoms with van der Waals surface area (Å²) < 4.78 is 0. The van der Waals surface area contributed by atoms with Gasteiger partial charge in [0.2, 0.25) is 0 Å². The molecule has 0 bridgehead atoms. The molecule has 2 aromatic heterocycles. The highest BCUT2D eigenvalue weighted by molar-refractivity contribution is 6.33. The fourth-order valence-corrected chi connectivity index (χ4v) is 3.04. The number of aromatic nitrogens is 3. The van der Waals surface area contributed by atoms with Crippen molar-refractivity contribution in [3.8, 4) is 28.4 Å². The number of rotatable bonds is 3. The van der Waals surface area contributed by atoms with Crippen LogP contribution in [0.2, 0.25) is 5.02 Å². The molecule has 26 heavy (non-hydrogen) atoms. The Kier molecular flexibility index (Phi) is 3.86. The lowest BCUT2D eigenvalue weighted by atomic mass is 10.0. The average molecular weight is 364 g/mol. The molecule has 0 aliphatic carbocycles. The maximum absolute atomic E-state index is 9.45. The van der Waals surface area contributed by atoms with Gasteiger partial charge in [-0.15, -0.1) is 0 Å². The van der Waals surface area contributed by atoms with Crippen molar-refractivity contribution in [2.45, 2.75) is 0 Å². The van der Waals surface area contributed by atoms with E-state index in [1.807, 2.05) is 48.5 Å². The number of hydrogen-bond donors (Lipinski definition) is 3. The maximum Gasteiger partial charge on any atom is 0.293 e. The summed E-state index contributed by atoms with van der Waals surface area (Å²) in [5.74, 6) is 0.0485. The van der Waals surface area contributed by atoms with Gasteiger partial charge in [0.05, 0.1) is 16.2 Å². The number of halogens is 1. The van der Waals surface area contributed by atoms with E-state index in [1.54, 1.807) is 6.07 Å². The third kappa shape index (κ3) is 2.89. The molecule has 0 radical (unpaired) electrons. The number of benzene rings is 2. The summed E-state index contributed by atoms with van der Waals surface area (Å²) in [5, 5.41) is 19.3. The summed E-state index contributed by atoms with van der Waals surface area (Å²) in [4.78, 5) is 11.1. The third-order valence-electron chi connectivity index (χ3n) is 4.12. The third-order valence-corrected chi connectivity index (χ3v) is 4.41. The number of nitrogens with one attached hydrogen (secondary N) is 1. The molecule has 5 nitrogen and oxygen atoms in total. The molecular formula is C20H14ClN3O2. The zero-order valence-corrected chi connectivity index (χ0v) is 14.3. The van der Waals surface area contributed by atoms with Crippen LogP contribution in [0.15, 0.2) is 61.2 Å². The molecule has 2 heterocycles. The molecule has 2 aromatic carbocycles. The number of aromatic hydroxyl groups is 1. The Balaban J connectivity index is 1.69. The van der Waals surface area contributed by atoms with Crippen LogP contribution < -0.4 is 0 Å². The van der Waals surface area contributed by atoms with Crippen molar-refractivity contribution >= 4 is 28.5 Å². The van der Waals surface area contributed by atoms with E-state index < -0.39 is 0 Å². The first kappa shape index (κ1) is 16.2. The highest BCUT2D eigenvalue weighted by atomic mass is 35.5. The van der Waals surface area contributed by atoms with Gasteiger partial charge in [0.15, 0.2) is 5.65 Å². The first-order valence-corrected chi connectivity index (χ1v) is 8.23. The van der Waals surface area contributed by atoms with E-state index in [1.165, 1.54) is 0 Å². The number of H-pyrrole nitrogens is 1. The molecule has 0 atom stereocenters. The van der Waals surface area contributed by atoms with Crippen molar-refractivity contribution in [3.63, 3.8) is 0 Å². The molecule has 0 fully saturated rings. The van der Waals surface area contributed by atoms with E-state index in [9.17, 15) is 10.2 Å². The number of aliphatic hydroxyl groups is 1. The minimum absolute atomic E-state index is 0.0485. The van der Waals surface area contributed by atoms with E-state index in [2.05, 4.69) is 21.5 Å². The van der Waals surface area contributed by atoms with Gasteiger partial charge >= 0.3 is 0 Å². The standard InChI is InChI=1S/C20H14ClN3O2/c1-11(25)12-2-4-13(5-3-12)14-6-8-15(9-7-14)18-16(21)10-17-19(23-18)24-20(26)22-17/h2-10,25H,1H2,(H2,22,23,24,26). The van der Waals surface area contributed by atoms with Crippen LogP contribution in [0, 0.1) is 0 Å². The predicted octanol–water partition coefficient (Wildman–Crippen LogP) is 5.18. The fourth-order valence-electron chi connectivity index (χ4n) is 2.78. The van der Waals surface area contributed by atoms with E-state index in [0.29, 0.717) is 27.4 Å². The Morgan fingerprint density at radius 2 is 1.50 bits per heavy atom. The van der Waals surface area contributed by atoms with Gasteiger partial charge in [-0.3, -0.25) is 0 Å². The van der Waals surface area contributed by atoms with Crippen molar-refractivity contribution in [1.29, 1.82) is 0 Å². The largest absolute Gasteiger partial charge is 0.508 e. The van der Waals surface area contributed by atoms with E-state index in [0.717, 1.165) is 16.7 Å². The number of pyridine rings is 1. The highest BCUT2D eigenvalue weighted by Gasteiger charge is 2.11. The van der Waals surface area contributed by atoms with Gasteiger partial charge in [-0.05, 0) is 17.2 Å². The smallest absolute Gasteiger partial charge is 0.293 e. The molecule has 0 saturated heterocycles. The van der Waals surface area contributed by atoms with Gasteiger partial charge in [0, 0.05) is 11.1 Å². The fraction of sp³-hybridized carbons (Fsp3) is 0. The number of aliphatic hydroxyl groups excluding tert-OH is 1. The molecule has 4 rings (SSSR count). The Morgan fingerprint density at radius 3 is 2.12 bits per heavy atom. The summed E-state index contributed by atoms with van der Waals surface area (Å²) in [6, 6.07) is 16.8. The molecule has 128 valence electrons. The van der Waals surface area contributed by atoms with Crippen LogP contribution in [-0.4, -0.2) is 25.2 Å². The van der Waals surface area contributed by atoms with Crippen molar-refractivity contribution in [3.05, 3.63) is 71.8 Å². The number of imidazole rings is 1. The minimum Gasteiger partial charge on any atom is -0.508 e. The van der Waals surface area contributed by atoms with Crippen LogP contribution in [0.3, 0.4) is 0 Å². The van der Waals surface area contributed by atoms with Crippen molar-refractivity contribution in [2.24, 2.45) is 0 Å². The van der Waals surface area contributed by atoms with Gasteiger partial charge in [0.1, 0.15) is 5.76 Å². The highest BCUT2D eigenvalue weighted by Crippen LogP contribution is 2.31. The lowest BCUT2D eigenvalue weighted by Gasteiger charge is -2.07. The van der Waals surface area contributed by atoms with Crippen LogP contribution in [0.4, 0.5) is 0 Å². The van der Waals surface area contributed by atoms with Gasteiger partial charge in [-0.1, -0.05) is 66.7 Å². The summed E-state index contributed by atoms with van der Waals surface area (Å²) in [6.45, 7) is 3.52. The molecule has 0 unspecified atom stereocenters. The monoisotopic (exact) mass is 363 g/mol. The summed E-state index contributed by atoms with van der Waals surface area (Å²) >= 11 is 6.33. The van der Waals surface area contributed by atoms with Crippen LogP contribution in [0.5, 0.6) is 6.01 Å². The van der Waals surface area contributed by atoms with Crippen LogP contribution >= 0.6 is 11.6 Å². The van der Waals surface area contributed by atoms with E-state index in [-0.39, 0.29) is 11.8 Å². The lowest BCUT2D eigenvalue weighted by Crippen LogP contribution is -1.88. The summed E-state index contributed by atoms with van der Waals surface area (Å²) in [5.41, 5.74) is 5.18. The van der Waals surface area contributed by atoms with Crippen molar-refractivity contribution in [1.82, 2.24) is 15.0 Å². The number of hydrogen-bond acceptors (Lipinski definition) is 4. The zero-order chi connectivity index (χ0) is 18.3. The molecule has 4 aromatic rings. The maximum atomic E-state index is 9.45. The average Bonchev–Trinajstić information content (AvgIpc) is 3.00. The molecule has 0 aliphatic heterocycles. The zero-order valence-electron chi connectivity index (χ0n) is 13.6. The van der Waals surface area contributed by atoms with Crippen LogP contribution in [0.25, 0.3) is 39.3 Å². The molecule has 3 N–H and O–H groups in total. The SMILES string of the molecule is C=C(O)c1ccc(-c2ccc(-c3nc4nc(O)[nH]c4cc3Cl)cc2)cc1. The van der Waals surface area contributed by atoms with Gasteiger partial charge < -0.3 is 15.2 Å². The van der Waals surface area contributed by atoms with Crippen LogP contribution in [0.1, 0.15) is 5.56 Å². The molecule has 0 saturated carbocycles. The number of fused-ring (bicyclic) bond motifs is 1. The van der Waals surface area contributed by atoms with Crippen molar-refractivity contribution < 1.29 is 10.2 Å². The Hall–Kier alpha value is -3.31. The molecule has 0 aliphatic rings. The van der Waals surface area contributed by atoms with E-state index in [4.69, 9.17) is 11.6 Å². The molecule has 0 spiro atoms.